The van der Waals surface area contributed by atoms with Gasteiger partial charge in [-0.25, -0.2) is 22.9 Å². The van der Waals surface area contributed by atoms with Crippen LogP contribution in [0.3, 0.4) is 0 Å². The van der Waals surface area contributed by atoms with E-state index >= 15 is 0 Å². The average molecular weight is 438 g/mol. The van der Waals surface area contributed by atoms with Crippen molar-refractivity contribution in [3.63, 3.8) is 0 Å². The molecule has 8 heteroatoms. The lowest BCUT2D eigenvalue weighted by molar-refractivity contribution is 0.414. The maximum atomic E-state index is 13.4. The first kappa shape index (κ1) is 20.8. The summed E-state index contributed by atoms with van der Waals surface area (Å²) in [4.78, 5) is 4.63. The molecule has 0 amide bonds. The zero-order chi connectivity index (χ0) is 22.0. The van der Waals surface area contributed by atoms with Gasteiger partial charge in [0.05, 0.1) is 12.0 Å². The van der Waals surface area contributed by atoms with Crippen molar-refractivity contribution in [2.45, 2.75) is 11.3 Å². The van der Waals surface area contributed by atoms with E-state index in [0.717, 1.165) is 11.3 Å². The van der Waals surface area contributed by atoms with Crippen LogP contribution < -0.4 is 9.88 Å². The highest BCUT2D eigenvalue weighted by atomic mass is 32.2. The van der Waals surface area contributed by atoms with Crippen LogP contribution in [0.1, 0.15) is 11.5 Å². The Bertz CT molecular complexity index is 1300. The number of primary sulfonamides is 1. The number of hydrogen-bond acceptors (Lipinski definition) is 5. The van der Waals surface area contributed by atoms with Crippen molar-refractivity contribution in [3.05, 3.63) is 90.1 Å². The number of rotatable bonds is 6. The van der Waals surface area contributed by atoms with Crippen LogP contribution >= 0.6 is 0 Å². The number of aromatic nitrogens is 1. The van der Waals surface area contributed by atoms with Crippen molar-refractivity contribution in [2.24, 2.45) is 5.14 Å². The van der Waals surface area contributed by atoms with Crippen LogP contribution in [0, 0.1) is 5.82 Å². The topological polar surface area (TPSA) is 95.4 Å². The Morgan fingerprint density at radius 1 is 0.935 bits per heavy atom. The first-order valence-electron chi connectivity index (χ1n) is 9.35. The smallest absolute Gasteiger partial charge is 0.238 e. The molecule has 0 atom stereocenters. The summed E-state index contributed by atoms with van der Waals surface area (Å²) in [6.07, 6.45) is 0.438. The van der Waals surface area contributed by atoms with E-state index in [1.807, 2.05) is 24.3 Å². The lowest BCUT2D eigenvalue weighted by atomic mass is 10.1. The van der Waals surface area contributed by atoms with Gasteiger partial charge in [0.2, 0.25) is 10.0 Å². The maximum absolute atomic E-state index is 13.4. The summed E-state index contributed by atoms with van der Waals surface area (Å²) in [5.74, 6) is 1.31. The molecule has 0 aliphatic heterocycles. The molecule has 1 aromatic heterocycles. The summed E-state index contributed by atoms with van der Waals surface area (Å²) in [6.45, 7) is 0. The summed E-state index contributed by atoms with van der Waals surface area (Å²) >= 11 is 0. The molecule has 3 aromatic carbocycles. The highest BCUT2D eigenvalue weighted by molar-refractivity contribution is 7.89. The van der Waals surface area contributed by atoms with Crippen LogP contribution in [-0.4, -0.2) is 20.5 Å². The molecule has 6 nitrogen and oxygen atoms in total. The molecule has 0 unspecified atom stereocenters. The number of oxazole rings is 1. The zero-order valence-electron chi connectivity index (χ0n) is 16.6. The molecule has 0 aliphatic carbocycles. The van der Waals surface area contributed by atoms with Crippen molar-refractivity contribution in [1.29, 1.82) is 0 Å². The molecule has 0 saturated heterocycles. The first-order valence-corrected chi connectivity index (χ1v) is 10.9. The molecule has 4 rings (SSSR count). The summed E-state index contributed by atoms with van der Waals surface area (Å²) in [5.41, 5.74) is 2.81. The van der Waals surface area contributed by atoms with E-state index in [1.54, 1.807) is 31.4 Å². The fraction of sp³-hybridized carbons (Fsp3) is 0.0870. The molecular formula is C23H19FN2O4S. The van der Waals surface area contributed by atoms with Gasteiger partial charge in [0, 0.05) is 17.5 Å². The van der Waals surface area contributed by atoms with Crippen molar-refractivity contribution < 1.29 is 22.0 Å². The Labute approximate surface area is 179 Å². The number of ether oxygens (including phenoxy) is 1. The molecule has 0 aliphatic rings. The van der Waals surface area contributed by atoms with Crippen LogP contribution in [0.15, 0.2) is 82.1 Å². The van der Waals surface area contributed by atoms with Crippen molar-refractivity contribution >= 4 is 10.0 Å². The van der Waals surface area contributed by atoms with Gasteiger partial charge in [-0.15, -0.1) is 0 Å². The van der Waals surface area contributed by atoms with Gasteiger partial charge in [-0.2, -0.15) is 0 Å². The number of nitrogens with zero attached hydrogens (tertiary/aromatic N) is 1. The quantitative estimate of drug-likeness (QED) is 0.482. The van der Waals surface area contributed by atoms with Crippen LogP contribution in [0.2, 0.25) is 0 Å². The predicted molar refractivity (Wildman–Crippen MR) is 115 cm³/mol. The molecular weight excluding hydrogens is 419 g/mol. The highest BCUT2D eigenvalue weighted by Crippen LogP contribution is 2.34. The Morgan fingerprint density at radius 3 is 2.13 bits per heavy atom. The summed E-state index contributed by atoms with van der Waals surface area (Å²) in [6, 6.07) is 19.5. The van der Waals surface area contributed by atoms with Crippen LogP contribution in [0.4, 0.5) is 4.39 Å². The molecule has 0 saturated carbocycles. The predicted octanol–water partition coefficient (Wildman–Crippen LogP) is 4.39. The average Bonchev–Trinajstić information content (AvgIpc) is 3.18. The van der Waals surface area contributed by atoms with E-state index in [0.29, 0.717) is 34.9 Å². The Hall–Kier alpha value is -3.49. The molecule has 0 spiro atoms. The minimum absolute atomic E-state index is 0.00226. The molecule has 1 heterocycles. The Balaban J connectivity index is 1.75. The lowest BCUT2D eigenvalue weighted by Gasteiger charge is -2.03. The van der Waals surface area contributed by atoms with Gasteiger partial charge in [0.1, 0.15) is 17.3 Å². The number of halogens is 1. The fourth-order valence-electron chi connectivity index (χ4n) is 3.15. The second kappa shape index (κ2) is 8.33. The van der Waals surface area contributed by atoms with Crippen LogP contribution in [0.25, 0.3) is 22.6 Å². The molecule has 31 heavy (non-hydrogen) atoms. The van der Waals surface area contributed by atoms with E-state index in [1.165, 1.54) is 24.3 Å². The Morgan fingerprint density at radius 2 is 1.55 bits per heavy atom. The second-order valence-electron chi connectivity index (χ2n) is 6.89. The second-order valence-corrected chi connectivity index (χ2v) is 8.45. The summed E-state index contributed by atoms with van der Waals surface area (Å²) in [7, 11) is -2.21. The van der Waals surface area contributed by atoms with Crippen LogP contribution in [-0.2, 0) is 16.4 Å². The van der Waals surface area contributed by atoms with Gasteiger partial charge in [0.15, 0.2) is 11.7 Å². The molecule has 0 fully saturated rings. The Kier molecular flexibility index (Phi) is 5.58. The number of nitrogens with two attached hydrogens (primary N) is 1. The third-order valence-electron chi connectivity index (χ3n) is 4.75. The number of hydrogen-bond donors (Lipinski definition) is 1. The van der Waals surface area contributed by atoms with E-state index in [4.69, 9.17) is 14.3 Å². The number of benzene rings is 3. The SMILES string of the molecule is COc1ccc(Cc2nc(-c3ccc(F)cc3)c(-c3ccc(S(N)(=O)=O)cc3)o2)cc1. The number of methoxy groups -OCH3 is 1. The third kappa shape index (κ3) is 4.65. The minimum atomic E-state index is -3.81. The molecule has 2 N–H and O–H groups in total. The van der Waals surface area contributed by atoms with Gasteiger partial charge >= 0.3 is 0 Å². The zero-order valence-corrected chi connectivity index (χ0v) is 17.4. The molecule has 0 radical (unpaired) electrons. The van der Waals surface area contributed by atoms with Gasteiger partial charge in [-0.3, -0.25) is 0 Å². The van der Waals surface area contributed by atoms with Crippen molar-refractivity contribution in [1.82, 2.24) is 4.98 Å². The monoisotopic (exact) mass is 438 g/mol. The van der Waals surface area contributed by atoms with Gasteiger partial charge in [-0.05, 0) is 66.2 Å². The van der Waals surface area contributed by atoms with Crippen molar-refractivity contribution in [3.8, 4) is 28.3 Å². The summed E-state index contributed by atoms with van der Waals surface area (Å²) in [5, 5.41) is 5.18. The number of sulfonamides is 1. The minimum Gasteiger partial charge on any atom is -0.497 e. The van der Waals surface area contributed by atoms with E-state index in [-0.39, 0.29) is 10.7 Å². The normalized spacial score (nSPS) is 11.5. The summed E-state index contributed by atoms with van der Waals surface area (Å²) < 4.78 is 47.8. The van der Waals surface area contributed by atoms with E-state index in [2.05, 4.69) is 4.98 Å². The highest BCUT2D eigenvalue weighted by Gasteiger charge is 2.18. The fourth-order valence-corrected chi connectivity index (χ4v) is 3.67. The largest absolute Gasteiger partial charge is 0.497 e. The first-order chi connectivity index (χ1) is 14.8. The molecule has 0 bridgehead atoms. The van der Waals surface area contributed by atoms with Gasteiger partial charge in [-0.1, -0.05) is 12.1 Å². The van der Waals surface area contributed by atoms with Gasteiger partial charge in [0.25, 0.3) is 0 Å². The standard InChI is InChI=1S/C23H19FN2O4S/c1-29-19-10-2-15(3-11-19)14-21-26-22(16-4-8-18(24)9-5-16)23(30-21)17-6-12-20(13-7-17)31(25,27)28/h2-13H,14H2,1H3,(H2,25,27,28). The van der Waals surface area contributed by atoms with E-state index < -0.39 is 10.0 Å². The molecule has 4 aromatic rings. The molecule has 158 valence electrons. The maximum Gasteiger partial charge on any atom is 0.238 e. The van der Waals surface area contributed by atoms with Crippen LogP contribution in [0.5, 0.6) is 5.75 Å². The third-order valence-corrected chi connectivity index (χ3v) is 5.68. The van der Waals surface area contributed by atoms with Crippen molar-refractivity contribution in [2.75, 3.05) is 7.11 Å². The van der Waals surface area contributed by atoms with E-state index in [9.17, 15) is 12.8 Å². The lowest BCUT2D eigenvalue weighted by Crippen LogP contribution is -2.11. The van der Waals surface area contributed by atoms with Gasteiger partial charge < -0.3 is 9.15 Å².